The summed E-state index contributed by atoms with van der Waals surface area (Å²) in [5, 5.41) is 3.15. The van der Waals surface area contributed by atoms with Gasteiger partial charge in [-0.15, -0.1) is 0 Å². The zero-order valence-corrected chi connectivity index (χ0v) is 13.3. The van der Waals surface area contributed by atoms with E-state index in [-0.39, 0.29) is 19.0 Å². The SMILES string of the molecule is CNCC(OC)C(Oc1ccc2c(c1)OCO2)c1ccccc1. The van der Waals surface area contributed by atoms with Crippen molar-refractivity contribution < 1.29 is 18.9 Å². The van der Waals surface area contributed by atoms with E-state index in [1.807, 2.05) is 55.6 Å². The number of hydrogen-bond donors (Lipinski definition) is 1. The van der Waals surface area contributed by atoms with Crippen LogP contribution >= 0.6 is 0 Å². The van der Waals surface area contributed by atoms with Crippen LogP contribution in [0.2, 0.25) is 0 Å². The molecule has 1 aliphatic rings. The molecule has 0 amide bonds. The van der Waals surface area contributed by atoms with Crippen molar-refractivity contribution >= 4 is 0 Å². The highest BCUT2D eigenvalue weighted by Gasteiger charge is 2.25. The average molecular weight is 315 g/mol. The Labute approximate surface area is 136 Å². The molecule has 0 aromatic heterocycles. The molecular weight excluding hydrogens is 294 g/mol. The molecule has 23 heavy (non-hydrogen) atoms. The summed E-state index contributed by atoms with van der Waals surface area (Å²) in [5.41, 5.74) is 1.06. The van der Waals surface area contributed by atoms with E-state index in [1.165, 1.54) is 0 Å². The number of benzene rings is 2. The standard InChI is InChI=1S/C18H21NO4/c1-19-11-17(20-2)18(13-6-4-3-5-7-13)23-14-8-9-15-16(10-14)22-12-21-15/h3-10,17-19H,11-12H2,1-2H3. The first-order chi connectivity index (χ1) is 11.3. The van der Waals surface area contributed by atoms with Gasteiger partial charge in [0.05, 0.1) is 0 Å². The zero-order valence-electron chi connectivity index (χ0n) is 13.3. The molecule has 2 aromatic rings. The van der Waals surface area contributed by atoms with Crippen molar-refractivity contribution in [3.63, 3.8) is 0 Å². The largest absolute Gasteiger partial charge is 0.483 e. The molecule has 0 saturated carbocycles. The Balaban J connectivity index is 1.86. The summed E-state index contributed by atoms with van der Waals surface area (Å²) in [7, 11) is 3.59. The minimum Gasteiger partial charge on any atom is -0.483 e. The molecule has 3 rings (SSSR count). The number of nitrogens with one attached hydrogen (secondary N) is 1. The van der Waals surface area contributed by atoms with Crippen LogP contribution in [-0.4, -0.2) is 33.6 Å². The summed E-state index contributed by atoms with van der Waals surface area (Å²) in [6.45, 7) is 0.933. The number of methoxy groups -OCH3 is 1. The molecule has 2 unspecified atom stereocenters. The Morgan fingerprint density at radius 2 is 1.87 bits per heavy atom. The van der Waals surface area contributed by atoms with Crippen molar-refractivity contribution in [3.8, 4) is 17.2 Å². The molecule has 1 heterocycles. The maximum absolute atomic E-state index is 6.23. The molecule has 5 nitrogen and oxygen atoms in total. The zero-order chi connectivity index (χ0) is 16.1. The van der Waals surface area contributed by atoms with Crippen molar-refractivity contribution in [3.05, 3.63) is 54.1 Å². The summed E-state index contributed by atoms with van der Waals surface area (Å²) < 4.78 is 22.6. The molecule has 0 aliphatic carbocycles. The quantitative estimate of drug-likeness (QED) is 0.851. The predicted molar refractivity (Wildman–Crippen MR) is 87.1 cm³/mol. The summed E-state index contributed by atoms with van der Waals surface area (Å²) in [6, 6.07) is 15.7. The molecule has 122 valence electrons. The fraction of sp³-hybridized carbons (Fsp3) is 0.333. The van der Waals surface area contributed by atoms with Gasteiger partial charge in [-0.1, -0.05) is 30.3 Å². The molecule has 2 aromatic carbocycles. The van der Waals surface area contributed by atoms with Crippen molar-refractivity contribution in [2.75, 3.05) is 27.5 Å². The molecule has 0 bridgehead atoms. The van der Waals surface area contributed by atoms with Crippen LogP contribution in [0.25, 0.3) is 0 Å². The second-order valence-electron chi connectivity index (χ2n) is 5.30. The van der Waals surface area contributed by atoms with Crippen molar-refractivity contribution in [2.24, 2.45) is 0 Å². The third-order valence-electron chi connectivity index (χ3n) is 3.78. The fourth-order valence-corrected chi connectivity index (χ4v) is 2.61. The van der Waals surface area contributed by atoms with Crippen LogP contribution in [0.4, 0.5) is 0 Å². The van der Waals surface area contributed by atoms with Gasteiger partial charge in [0, 0.05) is 19.7 Å². The van der Waals surface area contributed by atoms with Gasteiger partial charge in [-0.05, 0) is 24.7 Å². The average Bonchev–Trinajstić information content (AvgIpc) is 3.06. The Kier molecular flexibility index (Phi) is 5.00. The Hall–Kier alpha value is -2.24. The van der Waals surface area contributed by atoms with Gasteiger partial charge in [0.25, 0.3) is 0 Å². The van der Waals surface area contributed by atoms with E-state index in [0.29, 0.717) is 12.3 Å². The third kappa shape index (κ3) is 3.57. The first kappa shape index (κ1) is 15.6. The second kappa shape index (κ2) is 7.35. The smallest absolute Gasteiger partial charge is 0.231 e. The highest BCUT2D eigenvalue weighted by Crippen LogP contribution is 2.37. The summed E-state index contributed by atoms with van der Waals surface area (Å²) in [6.07, 6.45) is -0.346. The minimum absolute atomic E-state index is 0.118. The normalized spacial score (nSPS) is 15.2. The number of fused-ring (bicyclic) bond motifs is 1. The lowest BCUT2D eigenvalue weighted by Crippen LogP contribution is -2.34. The van der Waals surface area contributed by atoms with Crippen LogP contribution in [0, 0.1) is 0 Å². The van der Waals surface area contributed by atoms with Gasteiger partial charge >= 0.3 is 0 Å². The van der Waals surface area contributed by atoms with Gasteiger partial charge in [-0.2, -0.15) is 0 Å². The molecular formula is C18H21NO4. The van der Waals surface area contributed by atoms with Crippen LogP contribution < -0.4 is 19.5 Å². The van der Waals surface area contributed by atoms with E-state index in [2.05, 4.69) is 5.32 Å². The molecule has 5 heteroatoms. The lowest BCUT2D eigenvalue weighted by molar-refractivity contribution is 0.00252. The van der Waals surface area contributed by atoms with E-state index < -0.39 is 0 Å². The monoisotopic (exact) mass is 315 g/mol. The van der Waals surface area contributed by atoms with E-state index in [1.54, 1.807) is 7.11 Å². The lowest BCUT2D eigenvalue weighted by atomic mass is 10.0. The van der Waals surface area contributed by atoms with Gasteiger partial charge in [-0.3, -0.25) is 0 Å². The van der Waals surface area contributed by atoms with E-state index in [0.717, 1.165) is 17.1 Å². The van der Waals surface area contributed by atoms with Crippen LogP contribution in [0.1, 0.15) is 11.7 Å². The van der Waals surface area contributed by atoms with Crippen molar-refractivity contribution in [2.45, 2.75) is 12.2 Å². The van der Waals surface area contributed by atoms with E-state index >= 15 is 0 Å². The van der Waals surface area contributed by atoms with Crippen LogP contribution in [0.15, 0.2) is 48.5 Å². The summed E-state index contributed by atoms with van der Waals surface area (Å²) >= 11 is 0. The van der Waals surface area contributed by atoms with Crippen molar-refractivity contribution in [1.82, 2.24) is 5.32 Å². The summed E-state index contributed by atoms with van der Waals surface area (Å²) in [4.78, 5) is 0. The van der Waals surface area contributed by atoms with Crippen molar-refractivity contribution in [1.29, 1.82) is 0 Å². The lowest BCUT2D eigenvalue weighted by Gasteiger charge is -2.27. The first-order valence-corrected chi connectivity index (χ1v) is 7.60. The van der Waals surface area contributed by atoms with Crippen LogP contribution in [0.5, 0.6) is 17.2 Å². The van der Waals surface area contributed by atoms with E-state index in [4.69, 9.17) is 18.9 Å². The third-order valence-corrected chi connectivity index (χ3v) is 3.78. The minimum atomic E-state index is -0.228. The molecule has 1 aliphatic heterocycles. The highest BCUT2D eigenvalue weighted by atomic mass is 16.7. The number of rotatable bonds is 7. The molecule has 1 N–H and O–H groups in total. The number of hydrogen-bond acceptors (Lipinski definition) is 5. The van der Waals surface area contributed by atoms with Gasteiger partial charge in [0.15, 0.2) is 17.6 Å². The van der Waals surface area contributed by atoms with Gasteiger partial charge in [-0.25, -0.2) is 0 Å². The predicted octanol–water partition coefficient (Wildman–Crippen LogP) is 2.77. The van der Waals surface area contributed by atoms with Gasteiger partial charge < -0.3 is 24.3 Å². The Morgan fingerprint density at radius 3 is 2.61 bits per heavy atom. The molecule has 0 radical (unpaired) electrons. The maximum Gasteiger partial charge on any atom is 0.231 e. The maximum atomic E-state index is 6.23. The highest BCUT2D eigenvalue weighted by molar-refractivity contribution is 5.47. The molecule has 0 spiro atoms. The Morgan fingerprint density at radius 1 is 1.09 bits per heavy atom. The number of ether oxygens (including phenoxy) is 4. The second-order valence-corrected chi connectivity index (χ2v) is 5.30. The fourth-order valence-electron chi connectivity index (χ4n) is 2.61. The topological polar surface area (TPSA) is 49.0 Å². The molecule has 0 fully saturated rings. The molecule has 0 saturated heterocycles. The summed E-state index contributed by atoms with van der Waals surface area (Å²) in [5.74, 6) is 2.17. The number of likely N-dealkylation sites (N-methyl/N-ethyl adjacent to an activating group) is 1. The first-order valence-electron chi connectivity index (χ1n) is 7.60. The Bertz CT molecular complexity index is 632. The molecule has 2 atom stereocenters. The van der Waals surface area contributed by atoms with E-state index in [9.17, 15) is 0 Å². The van der Waals surface area contributed by atoms with Crippen LogP contribution in [0.3, 0.4) is 0 Å². The van der Waals surface area contributed by atoms with Gasteiger partial charge in [0.1, 0.15) is 11.9 Å². The van der Waals surface area contributed by atoms with Gasteiger partial charge in [0.2, 0.25) is 6.79 Å². The van der Waals surface area contributed by atoms with Crippen LogP contribution in [-0.2, 0) is 4.74 Å².